The van der Waals surface area contributed by atoms with Crippen molar-refractivity contribution in [3.05, 3.63) is 0 Å². The quantitative estimate of drug-likeness (QED) is 0.703. The second-order valence-corrected chi connectivity index (χ2v) is 10.8. The van der Waals surface area contributed by atoms with Crippen molar-refractivity contribution in [1.29, 1.82) is 0 Å². The van der Waals surface area contributed by atoms with Crippen molar-refractivity contribution in [3.63, 3.8) is 0 Å². The number of hydrogen-bond donors (Lipinski definition) is 1. The van der Waals surface area contributed by atoms with E-state index in [1.165, 1.54) is 0 Å². The van der Waals surface area contributed by atoms with Crippen LogP contribution in [0.25, 0.3) is 0 Å². The molecule has 0 aromatic rings. The minimum Gasteiger partial charge on any atom is -0.388 e. The third kappa shape index (κ3) is 4.99. The Balaban J connectivity index is 1.80. The van der Waals surface area contributed by atoms with Crippen LogP contribution in [0.2, 0.25) is 0 Å². The highest BCUT2D eigenvalue weighted by Gasteiger charge is 2.49. The van der Waals surface area contributed by atoms with Crippen molar-refractivity contribution in [1.82, 2.24) is 0 Å². The van der Waals surface area contributed by atoms with E-state index in [4.69, 9.17) is 23.7 Å². The lowest BCUT2D eigenvalue weighted by atomic mass is 9.82. The molecule has 1 N–H and O–H groups in total. The first kappa shape index (κ1) is 25.4. The topological polar surface area (TPSA) is 66.4 Å². The molecule has 31 heavy (non-hydrogen) atoms. The number of aliphatic hydroxyl groups excluding tert-OH is 1. The highest BCUT2D eigenvalue weighted by molar-refractivity contribution is 4.91. The number of rotatable bonds is 4. The summed E-state index contributed by atoms with van der Waals surface area (Å²) in [6.07, 6.45) is -1.81. The van der Waals surface area contributed by atoms with Gasteiger partial charge < -0.3 is 28.8 Å². The zero-order chi connectivity index (χ0) is 23.2. The lowest BCUT2D eigenvalue weighted by Gasteiger charge is -2.50. The van der Waals surface area contributed by atoms with Gasteiger partial charge in [0.2, 0.25) is 0 Å². The lowest BCUT2D eigenvalue weighted by molar-refractivity contribution is -0.356. The summed E-state index contributed by atoms with van der Waals surface area (Å²) in [5, 5.41) is 10.9. The minimum absolute atomic E-state index is 0.0118. The summed E-state index contributed by atoms with van der Waals surface area (Å²) in [7, 11) is 0. The lowest BCUT2D eigenvalue weighted by Crippen LogP contribution is -2.58. The maximum Gasteiger partial charge on any atom is 0.184 e. The second kappa shape index (κ2) is 9.94. The Kier molecular flexibility index (Phi) is 8.14. The van der Waals surface area contributed by atoms with Gasteiger partial charge in [-0.2, -0.15) is 0 Å². The van der Waals surface area contributed by atoms with Gasteiger partial charge in [0.05, 0.1) is 30.5 Å². The molecule has 3 aliphatic rings. The summed E-state index contributed by atoms with van der Waals surface area (Å²) in [5.74, 6) is 1.38. The third-order valence-corrected chi connectivity index (χ3v) is 8.97. The molecule has 3 heterocycles. The van der Waals surface area contributed by atoms with Crippen molar-refractivity contribution < 1.29 is 28.8 Å². The molecule has 3 aliphatic heterocycles. The van der Waals surface area contributed by atoms with E-state index in [1.54, 1.807) is 0 Å². The van der Waals surface area contributed by atoms with Crippen LogP contribution in [0.3, 0.4) is 0 Å². The Bertz CT molecular complexity index is 572. The van der Waals surface area contributed by atoms with Crippen molar-refractivity contribution in [3.8, 4) is 0 Å². The Hall–Kier alpha value is -0.240. The summed E-state index contributed by atoms with van der Waals surface area (Å²) >= 11 is 0. The van der Waals surface area contributed by atoms with E-state index in [0.29, 0.717) is 5.92 Å². The average molecular weight is 443 g/mol. The van der Waals surface area contributed by atoms with Gasteiger partial charge in [-0.3, -0.25) is 0 Å². The van der Waals surface area contributed by atoms with Gasteiger partial charge in [-0.25, -0.2) is 0 Å². The molecule has 6 nitrogen and oxygen atoms in total. The van der Waals surface area contributed by atoms with Crippen LogP contribution >= 0.6 is 0 Å². The SMILES string of the molecule is CC1O[C@@H](C)C(C)C(O[C@@H]2OC(C)[C@H](C)[C@H](C)C2O[C@@H]2OC(C)[C@H](C)[C@H](C)C2O)[C@H]1C. The Labute approximate surface area is 189 Å². The maximum atomic E-state index is 10.9. The predicted octanol–water partition coefficient (Wildman–Crippen LogP) is 4.23. The Morgan fingerprint density at radius 2 is 0.871 bits per heavy atom. The van der Waals surface area contributed by atoms with Gasteiger partial charge in [-0.05, 0) is 51.4 Å². The van der Waals surface area contributed by atoms with Crippen LogP contribution < -0.4 is 0 Å². The van der Waals surface area contributed by atoms with E-state index in [9.17, 15) is 5.11 Å². The second-order valence-electron chi connectivity index (χ2n) is 10.8. The highest BCUT2D eigenvalue weighted by Crippen LogP contribution is 2.40. The standard InChI is InChI=1S/C25H46O6/c1-11-13(3)21(26)24(28-17(11)7)31-23-14(4)12(2)18(8)29-25(23)30-22-15(5)19(9)27-20(10)16(22)6/h11-26H,1-10H3/t11-,12-,13+,14+,15+,16?,17?,18?,19?,20+,21?,22?,23?,24+,25+/m1/s1. The van der Waals surface area contributed by atoms with E-state index < -0.39 is 18.7 Å². The van der Waals surface area contributed by atoms with Crippen LogP contribution in [0.5, 0.6) is 0 Å². The van der Waals surface area contributed by atoms with Gasteiger partial charge in [0, 0.05) is 11.8 Å². The van der Waals surface area contributed by atoms with Gasteiger partial charge in [-0.15, -0.1) is 0 Å². The van der Waals surface area contributed by atoms with E-state index in [0.717, 1.165) is 0 Å². The molecule has 7 unspecified atom stereocenters. The predicted molar refractivity (Wildman–Crippen MR) is 119 cm³/mol. The van der Waals surface area contributed by atoms with Gasteiger partial charge >= 0.3 is 0 Å². The molecular weight excluding hydrogens is 396 g/mol. The molecule has 3 fully saturated rings. The molecule has 6 heteroatoms. The van der Waals surface area contributed by atoms with Crippen molar-refractivity contribution in [2.75, 3.05) is 0 Å². The molecule has 3 rings (SSSR count). The molecule has 0 aromatic heterocycles. The van der Waals surface area contributed by atoms with Gasteiger partial charge in [-0.1, -0.05) is 41.5 Å². The van der Waals surface area contributed by atoms with Crippen molar-refractivity contribution in [2.24, 2.45) is 35.5 Å². The monoisotopic (exact) mass is 442 g/mol. The highest BCUT2D eigenvalue weighted by atomic mass is 16.7. The minimum atomic E-state index is -0.675. The fourth-order valence-electron chi connectivity index (χ4n) is 5.36. The number of aliphatic hydroxyl groups is 1. The molecule has 0 amide bonds. The molecule has 0 bridgehead atoms. The van der Waals surface area contributed by atoms with E-state index >= 15 is 0 Å². The molecule has 0 radical (unpaired) electrons. The van der Waals surface area contributed by atoms with E-state index in [1.807, 2.05) is 0 Å². The van der Waals surface area contributed by atoms with Crippen LogP contribution in [0.1, 0.15) is 69.2 Å². The molecule has 0 aromatic carbocycles. The van der Waals surface area contributed by atoms with Crippen molar-refractivity contribution >= 4 is 0 Å². The first-order chi connectivity index (χ1) is 14.4. The fraction of sp³-hybridized carbons (Fsp3) is 1.00. The fourth-order valence-corrected chi connectivity index (χ4v) is 5.36. The first-order valence-electron chi connectivity index (χ1n) is 12.4. The van der Waals surface area contributed by atoms with Crippen molar-refractivity contribution in [2.45, 2.75) is 125 Å². The van der Waals surface area contributed by atoms with Gasteiger partial charge in [0.25, 0.3) is 0 Å². The van der Waals surface area contributed by atoms with Crippen LogP contribution in [0.4, 0.5) is 0 Å². The zero-order valence-electron chi connectivity index (χ0n) is 21.1. The van der Waals surface area contributed by atoms with Crippen LogP contribution in [-0.2, 0) is 23.7 Å². The largest absolute Gasteiger partial charge is 0.388 e. The smallest absolute Gasteiger partial charge is 0.184 e. The molecule has 15 atom stereocenters. The maximum absolute atomic E-state index is 10.9. The van der Waals surface area contributed by atoms with Crippen LogP contribution in [0, 0.1) is 35.5 Å². The Morgan fingerprint density at radius 3 is 1.42 bits per heavy atom. The molecule has 0 aliphatic carbocycles. The summed E-state index contributed by atoms with van der Waals surface area (Å²) in [6, 6.07) is 0. The number of hydrogen-bond acceptors (Lipinski definition) is 6. The zero-order valence-corrected chi connectivity index (χ0v) is 21.1. The van der Waals surface area contributed by atoms with Crippen LogP contribution in [-0.4, -0.2) is 60.4 Å². The summed E-state index contributed by atoms with van der Waals surface area (Å²) in [4.78, 5) is 0. The average Bonchev–Trinajstić information content (AvgIpc) is 2.72. The summed E-state index contributed by atoms with van der Waals surface area (Å²) < 4.78 is 31.7. The molecule has 3 saturated heterocycles. The van der Waals surface area contributed by atoms with Crippen LogP contribution in [0.15, 0.2) is 0 Å². The van der Waals surface area contributed by atoms with E-state index in [2.05, 4.69) is 69.2 Å². The van der Waals surface area contributed by atoms with Gasteiger partial charge in [0.15, 0.2) is 12.6 Å². The molecular formula is C25H46O6. The Morgan fingerprint density at radius 1 is 0.452 bits per heavy atom. The molecule has 0 saturated carbocycles. The van der Waals surface area contributed by atoms with E-state index in [-0.39, 0.29) is 66.2 Å². The molecule has 0 spiro atoms. The third-order valence-electron chi connectivity index (χ3n) is 8.97. The summed E-state index contributed by atoms with van der Waals surface area (Å²) in [5.41, 5.74) is 0. The molecule has 182 valence electrons. The first-order valence-corrected chi connectivity index (χ1v) is 12.4. The number of ether oxygens (including phenoxy) is 5. The van der Waals surface area contributed by atoms with Gasteiger partial charge in [0.1, 0.15) is 12.2 Å². The normalized spacial score (nSPS) is 56.4. The summed E-state index contributed by atoms with van der Waals surface area (Å²) in [6.45, 7) is 21.3.